The summed E-state index contributed by atoms with van der Waals surface area (Å²) in [7, 11) is 0. The minimum atomic E-state index is -0.374. The summed E-state index contributed by atoms with van der Waals surface area (Å²) in [4.78, 5) is 17.5. The number of amides is 1. The maximum atomic E-state index is 12.9. The van der Waals surface area contributed by atoms with E-state index < -0.39 is 0 Å². The first-order valence-electron chi connectivity index (χ1n) is 9.29. The van der Waals surface area contributed by atoms with Gasteiger partial charge in [-0.1, -0.05) is 63.9 Å². The summed E-state index contributed by atoms with van der Waals surface area (Å²) in [6.07, 6.45) is 0. The van der Waals surface area contributed by atoms with Gasteiger partial charge in [-0.3, -0.25) is 4.79 Å². The van der Waals surface area contributed by atoms with Crippen LogP contribution in [0, 0.1) is 13.8 Å². The van der Waals surface area contributed by atoms with Gasteiger partial charge in [-0.15, -0.1) is 5.10 Å². The van der Waals surface area contributed by atoms with Crippen molar-refractivity contribution in [3.8, 4) is 17.1 Å². The third-order valence-electron chi connectivity index (χ3n) is 4.71. The predicted octanol–water partition coefficient (Wildman–Crippen LogP) is 6.22. The first kappa shape index (κ1) is 20.3. The number of nitrogens with zero attached hydrogens (tertiary/aromatic N) is 3. The molecule has 0 aliphatic carbocycles. The highest BCUT2D eigenvalue weighted by Crippen LogP contribution is 2.27. The Morgan fingerprint density at radius 1 is 1.00 bits per heavy atom. The monoisotopic (exact) mass is 480 g/mol. The minimum Gasteiger partial charge on any atom is -0.319 e. The Bertz CT molecular complexity index is 1230. The molecular weight excluding hydrogens is 464 g/mol. The van der Waals surface area contributed by atoms with Gasteiger partial charge >= 0.3 is 0 Å². The summed E-state index contributed by atoms with van der Waals surface area (Å²) >= 11 is 9.68. The molecule has 0 unspecified atom stereocenters. The molecule has 30 heavy (non-hydrogen) atoms. The van der Waals surface area contributed by atoms with E-state index in [0.29, 0.717) is 10.8 Å². The zero-order valence-corrected chi connectivity index (χ0v) is 18.7. The Balaban J connectivity index is 1.81. The quantitative estimate of drug-likeness (QED) is 0.376. The number of halogens is 2. The number of carbonyl (C=O) groups is 1. The molecule has 0 saturated heterocycles. The van der Waals surface area contributed by atoms with Crippen LogP contribution in [0.4, 0.5) is 5.69 Å². The van der Waals surface area contributed by atoms with Crippen LogP contribution in [0.2, 0.25) is 5.02 Å². The average Bonchev–Trinajstić information content (AvgIpc) is 3.17. The van der Waals surface area contributed by atoms with Gasteiger partial charge in [-0.25, -0.2) is 9.67 Å². The van der Waals surface area contributed by atoms with Crippen molar-refractivity contribution >= 4 is 39.1 Å². The van der Waals surface area contributed by atoms with Gasteiger partial charge < -0.3 is 5.32 Å². The Hall–Kier alpha value is -2.96. The zero-order chi connectivity index (χ0) is 21.3. The van der Waals surface area contributed by atoms with E-state index in [2.05, 4.69) is 31.3 Å². The number of aryl methyl sites for hydroxylation is 2. The van der Waals surface area contributed by atoms with Crippen molar-refractivity contribution in [2.75, 3.05) is 5.32 Å². The lowest BCUT2D eigenvalue weighted by atomic mass is 10.2. The normalized spacial score (nSPS) is 10.8. The zero-order valence-electron chi connectivity index (χ0n) is 16.4. The van der Waals surface area contributed by atoms with E-state index in [9.17, 15) is 4.79 Å². The van der Waals surface area contributed by atoms with Crippen molar-refractivity contribution in [3.05, 3.63) is 93.2 Å². The van der Waals surface area contributed by atoms with Crippen LogP contribution >= 0.6 is 27.5 Å². The van der Waals surface area contributed by atoms with Gasteiger partial charge in [0, 0.05) is 20.7 Å². The number of carbonyl (C=O) groups excluding carboxylic acids is 1. The summed E-state index contributed by atoms with van der Waals surface area (Å²) < 4.78 is 2.62. The SMILES string of the molecule is Cc1ccccc1NC(=O)c1nc(-c2ccc(Br)cc2)n(-c2cc(Cl)ccc2C)n1. The van der Waals surface area contributed by atoms with Gasteiger partial charge in [-0.05, 0) is 55.3 Å². The molecule has 0 fully saturated rings. The molecule has 4 aromatic rings. The molecule has 1 aromatic heterocycles. The second-order valence-corrected chi connectivity index (χ2v) is 8.23. The lowest BCUT2D eigenvalue weighted by Crippen LogP contribution is -2.15. The molecule has 0 spiro atoms. The molecule has 3 aromatic carbocycles. The van der Waals surface area contributed by atoms with Gasteiger partial charge in [0.1, 0.15) is 0 Å². The third kappa shape index (κ3) is 4.15. The number of nitrogens with one attached hydrogen (secondary N) is 1. The lowest BCUT2D eigenvalue weighted by molar-refractivity contribution is 0.101. The highest BCUT2D eigenvalue weighted by molar-refractivity contribution is 9.10. The molecular formula is C23H18BrClN4O. The van der Waals surface area contributed by atoms with Gasteiger partial charge in [0.05, 0.1) is 5.69 Å². The molecule has 1 amide bonds. The Morgan fingerprint density at radius 2 is 1.73 bits per heavy atom. The van der Waals surface area contributed by atoms with Crippen molar-refractivity contribution in [2.45, 2.75) is 13.8 Å². The first-order valence-corrected chi connectivity index (χ1v) is 10.5. The van der Waals surface area contributed by atoms with Gasteiger partial charge in [-0.2, -0.15) is 0 Å². The summed E-state index contributed by atoms with van der Waals surface area (Å²) in [6, 6.07) is 20.8. The molecule has 150 valence electrons. The number of para-hydroxylation sites is 1. The maximum absolute atomic E-state index is 12.9. The molecule has 1 N–H and O–H groups in total. The minimum absolute atomic E-state index is 0.0792. The van der Waals surface area contributed by atoms with Gasteiger partial charge in [0.15, 0.2) is 5.82 Å². The van der Waals surface area contributed by atoms with Crippen LogP contribution in [0.25, 0.3) is 17.1 Å². The number of aromatic nitrogens is 3. The van der Waals surface area contributed by atoms with Crippen LogP contribution < -0.4 is 5.32 Å². The van der Waals surface area contributed by atoms with Crippen LogP contribution in [0.15, 0.2) is 71.2 Å². The van der Waals surface area contributed by atoms with Crippen LogP contribution in [0.1, 0.15) is 21.7 Å². The number of benzene rings is 3. The number of anilines is 1. The average molecular weight is 482 g/mol. The van der Waals surface area contributed by atoms with E-state index in [-0.39, 0.29) is 11.7 Å². The molecule has 5 nitrogen and oxygen atoms in total. The van der Waals surface area contributed by atoms with E-state index in [1.807, 2.05) is 80.6 Å². The second-order valence-electron chi connectivity index (χ2n) is 6.88. The molecule has 4 rings (SSSR count). The third-order valence-corrected chi connectivity index (χ3v) is 5.47. The van der Waals surface area contributed by atoms with Crippen LogP contribution in [0.3, 0.4) is 0 Å². The van der Waals surface area contributed by atoms with E-state index in [1.54, 1.807) is 4.68 Å². The first-order chi connectivity index (χ1) is 14.4. The van der Waals surface area contributed by atoms with Crippen molar-refractivity contribution in [1.29, 1.82) is 0 Å². The number of hydrogen-bond donors (Lipinski definition) is 1. The number of rotatable bonds is 4. The van der Waals surface area contributed by atoms with Crippen LogP contribution in [-0.4, -0.2) is 20.7 Å². The topological polar surface area (TPSA) is 59.8 Å². The second kappa shape index (κ2) is 8.42. The fourth-order valence-corrected chi connectivity index (χ4v) is 3.49. The fourth-order valence-electron chi connectivity index (χ4n) is 3.06. The van der Waals surface area contributed by atoms with E-state index in [1.165, 1.54) is 0 Å². The highest BCUT2D eigenvalue weighted by atomic mass is 79.9. The Morgan fingerprint density at radius 3 is 2.47 bits per heavy atom. The van der Waals surface area contributed by atoms with Crippen molar-refractivity contribution in [1.82, 2.24) is 14.8 Å². The molecule has 0 atom stereocenters. The highest BCUT2D eigenvalue weighted by Gasteiger charge is 2.20. The van der Waals surface area contributed by atoms with Crippen LogP contribution in [-0.2, 0) is 0 Å². The summed E-state index contributed by atoms with van der Waals surface area (Å²) in [5, 5.41) is 8.01. The molecule has 0 radical (unpaired) electrons. The van der Waals surface area contributed by atoms with Crippen molar-refractivity contribution in [2.24, 2.45) is 0 Å². The predicted molar refractivity (Wildman–Crippen MR) is 123 cm³/mol. The fraction of sp³-hybridized carbons (Fsp3) is 0.0870. The smallest absolute Gasteiger partial charge is 0.295 e. The molecule has 0 saturated carbocycles. The van der Waals surface area contributed by atoms with Crippen molar-refractivity contribution in [3.63, 3.8) is 0 Å². The summed E-state index contributed by atoms with van der Waals surface area (Å²) in [5.41, 5.74) is 4.25. The maximum Gasteiger partial charge on any atom is 0.295 e. The Kier molecular flexibility index (Phi) is 5.70. The molecule has 7 heteroatoms. The molecule has 0 aliphatic rings. The van der Waals surface area contributed by atoms with Gasteiger partial charge in [0.2, 0.25) is 5.82 Å². The van der Waals surface area contributed by atoms with Gasteiger partial charge in [0.25, 0.3) is 5.91 Å². The Labute approximate surface area is 187 Å². The van der Waals surface area contributed by atoms with E-state index in [4.69, 9.17) is 11.6 Å². The standard InChI is InChI=1S/C23H18BrClN4O/c1-14-5-3-4-6-19(14)26-23(30)21-27-22(16-8-10-17(24)11-9-16)29(28-21)20-13-18(25)12-7-15(20)2/h3-13H,1-2H3,(H,26,30). The largest absolute Gasteiger partial charge is 0.319 e. The van der Waals surface area contributed by atoms with E-state index >= 15 is 0 Å². The lowest BCUT2D eigenvalue weighted by Gasteiger charge is -2.09. The van der Waals surface area contributed by atoms with Crippen LogP contribution in [0.5, 0.6) is 0 Å². The van der Waals surface area contributed by atoms with E-state index in [0.717, 1.165) is 32.5 Å². The number of hydrogen-bond acceptors (Lipinski definition) is 3. The molecule has 0 bridgehead atoms. The van der Waals surface area contributed by atoms with Crippen molar-refractivity contribution < 1.29 is 4.79 Å². The molecule has 0 aliphatic heterocycles. The molecule has 1 heterocycles. The summed E-state index contributed by atoms with van der Waals surface area (Å²) in [6.45, 7) is 3.90. The summed E-state index contributed by atoms with van der Waals surface area (Å²) in [5.74, 6) is 0.263.